The van der Waals surface area contributed by atoms with E-state index in [1.807, 2.05) is 0 Å². The van der Waals surface area contributed by atoms with Gasteiger partial charge in [0.2, 0.25) is 0 Å². The number of aromatic nitrogens is 5. The molecular weight excluding hydrogens is 345 g/mol. The third-order valence-corrected chi connectivity index (χ3v) is 3.76. The molecule has 0 atom stereocenters. The summed E-state index contributed by atoms with van der Waals surface area (Å²) in [5.74, 6) is -3.48. The fourth-order valence-electron chi connectivity index (χ4n) is 2.48. The number of imidazole rings is 1. The first-order chi connectivity index (χ1) is 12.6. The van der Waals surface area contributed by atoms with Crippen LogP contribution >= 0.6 is 0 Å². The van der Waals surface area contributed by atoms with Gasteiger partial charge in [-0.05, 0) is 24.3 Å². The lowest BCUT2D eigenvalue weighted by Gasteiger charge is -2.07. The molecule has 0 fully saturated rings. The molecule has 26 heavy (non-hydrogen) atoms. The minimum Gasteiger partial charge on any atom is -0.363 e. The second-order valence-corrected chi connectivity index (χ2v) is 5.41. The molecule has 0 bridgehead atoms. The van der Waals surface area contributed by atoms with Crippen molar-refractivity contribution in [2.45, 2.75) is 6.54 Å². The van der Waals surface area contributed by atoms with Gasteiger partial charge < -0.3 is 5.32 Å². The van der Waals surface area contributed by atoms with Crippen molar-refractivity contribution in [1.82, 2.24) is 24.6 Å². The molecule has 0 amide bonds. The summed E-state index contributed by atoms with van der Waals surface area (Å²) in [6, 6.07) is 5.13. The first-order valence-electron chi connectivity index (χ1n) is 7.61. The van der Waals surface area contributed by atoms with E-state index in [2.05, 4.69) is 25.4 Å². The van der Waals surface area contributed by atoms with Crippen molar-refractivity contribution in [3.8, 4) is 11.3 Å². The van der Waals surface area contributed by atoms with Crippen LogP contribution < -0.4 is 5.32 Å². The number of anilines is 1. The molecule has 0 aliphatic rings. The van der Waals surface area contributed by atoms with Crippen LogP contribution in [0.4, 0.5) is 19.0 Å². The van der Waals surface area contributed by atoms with Crippen molar-refractivity contribution in [3.05, 3.63) is 72.2 Å². The predicted octanol–water partition coefficient (Wildman–Crippen LogP) is 3.22. The van der Waals surface area contributed by atoms with E-state index in [-0.39, 0.29) is 11.3 Å². The van der Waals surface area contributed by atoms with Gasteiger partial charge in [-0.3, -0.25) is 4.98 Å². The Bertz CT molecular complexity index is 1080. The highest BCUT2D eigenvalue weighted by molar-refractivity contribution is 5.61. The minimum absolute atomic E-state index is 0.132. The number of rotatable bonds is 4. The van der Waals surface area contributed by atoms with E-state index >= 15 is 0 Å². The largest absolute Gasteiger partial charge is 0.363 e. The van der Waals surface area contributed by atoms with Gasteiger partial charge in [-0.1, -0.05) is 0 Å². The molecule has 4 aromatic rings. The summed E-state index contributed by atoms with van der Waals surface area (Å²) in [4.78, 5) is 12.3. The van der Waals surface area contributed by atoms with Gasteiger partial charge in [0.05, 0.1) is 30.3 Å². The molecule has 0 saturated heterocycles. The van der Waals surface area contributed by atoms with Crippen molar-refractivity contribution in [2.75, 3.05) is 5.32 Å². The summed E-state index contributed by atoms with van der Waals surface area (Å²) in [6.07, 6.45) is 6.29. The Morgan fingerprint density at radius 2 is 1.81 bits per heavy atom. The summed E-state index contributed by atoms with van der Waals surface area (Å²) in [6.45, 7) is 0.344. The Hall–Kier alpha value is -3.49. The molecule has 1 aromatic carbocycles. The van der Waals surface area contributed by atoms with Crippen molar-refractivity contribution < 1.29 is 13.2 Å². The van der Waals surface area contributed by atoms with Crippen LogP contribution in [0.15, 0.2) is 49.1 Å². The summed E-state index contributed by atoms with van der Waals surface area (Å²) in [5, 5.41) is 7.37. The van der Waals surface area contributed by atoms with Crippen LogP contribution in [0.25, 0.3) is 16.9 Å². The average Bonchev–Trinajstić information content (AvgIpc) is 3.08. The van der Waals surface area contributed by atoms with Gasteiger partial charge in [-0.25, -0.2) is 27.7 Å². The Labute approximate surface area is 145 Å². The standard InChI is InChI=1S/C17H11F3N6/c18-12-2-1-11(16(19)17(12)20)13-3-4-15-24-8-10(26(15)25-13)7-23-14-9-21-5-6-22-14/h1-6,8-9H,7H2,(H,22,23). The zero-order valence-corrected chi connectivity index (χ0v) is 13.2. The number of fused-ring (bicyclic) bond motifs is 1. The van der Waals surface area contributed by atoms with Gasteiger partial charge in [-0.2, -0.15) is 5.10 Å². The van der Waals surface area contributed by atoms with Crippen LogP contribution in [0.1, 0.15) is 5.69 Å². The highest BCUT2D eigenvalue weighted by Crippen LogP contribution is 2.24. The van der Waals surface area contributed by atoms with Gasteiger partial charge in [0, 0.05) is 18.0 Å². The van der Waals surface area contributed by atoms with Gasteiger partial charge in [0.15, 0.2) is 23.1 Å². The topological polar surface area (TPSA) is 68.0 Å². The fraction of sp³-hybridized carbons (Fsp3) is 0.0588. The van der Waals surface area contributed by atoms with E-state index in [9.17, 15) is 13.2 Å². The number of hydrogen-bond acceptors (Lipinski definition) is 5. The van der Waals surface area contributed by atoms with E-state index in [1.54, 1.807) is 30.9 Å². The van der Waals surface area contributed by atoms with E-state index in [0.29, 0.717) is 23.7 Å². The number of nitrogens with zero attached hydrogens (tertiary/aromatic N) is 5. The Morgan fingerprint density at radius 3 is 2.62 bits per heavy atom. The zero-order valence-electron chi connectivity index (χ0n) is 13.2. The quantitative estimate of drug-likeness (QED) is 0.569. The van der Waals surface area contributed by atoms with E-state index in [4.69, 9.17) is 0 Å². The lowest BCUT2D eigenvalue weighted by atomic mass is 10.1. The SMILES string of the molecule is Fc1ccc(-c2ccc3ncc(CNc4cnccn4)n3n2)c(F)c1F. The molecule has 0 unspecified atom stereocenters. The molecule has 1 N–H and O–H groups in total. The van der Waals surface area contributed by atoms with Gasteiger partial charge >= 0.3 is 0 Å². The number of benzene rings is 1. The molecule has 0 saturated carbocycles. The molecule has 130 valence electrons. The molecule has 3 heterocycles. The summed E-state index contributed by atoms with van der Waals surface area (Å²) in [5.41, 5.74) is 1.24. The van der Waals surface area contributed by atoms with E-state index in [0.717, 1.165) is 12.1 Å². The van der Waals surface area contributed by atoms with Crippen molar-refractivity contribution in [1.29, 1.82) is 0 Å². The molecular formula is C17H11F3N6. The number of hydrogen-bond donors (Lipinski definition) is 1. The van der Waals surface area contributed by atoms with Crippen LogP contribution in [0, 0.1) is 17.5 Å². The van der Waals surface area contributed by atoms with Crippen LogP contribution in [-0.4, -0.2) is 24.6 Å². The molecule has 0 spiro atoms. The number of nitrogens with one attached hydrogen (secondary N) is 1. The van der Waals surface area contributed by atoms with E-state index < -0.39 is 17.5 Å². The average molecular weight is 356 g/mol. The highest BCUT2D eigenvalue weighted by atomic mass is 19.2. The predicted molar refractivity (Wildman–Crippen MR) is 87.7 cm³/mol. The van der Waals surface area contributed by atoms with Crippen LogP contribution in [0.5, 0.6) is 0 Å². The van der Waals surface area contributed by atoms with Crippen molar-refractivity contribution in [2.24, 2.45) is 0 Å². The van der Waals surface area contributed by atoms with Crippen molar-refractivity contribution in [3.63, 3.8) is 0 Å². The second kappa shape index (κ2) is 6.43. The smallest absolute Gasteiger partial charge is 0.195 e. The Kier molecular flexibility index (Phi) is 3.96. The lowest BCUT2D eigenvalue weighted by molar-refractivity contribution is 0.448. The molecule has 4 rings (SSSR count). The monoisotopic (exact) mass is 356 g/mol. The molecule has 9 heteroatoms. The highest BCUT2D eigenvalue weighted by Gasteiger charge is 2.16. The molecule has 0 radical (unpaired) electrons. The molecule has 0 aliphatic carbocycles. The summed E-state index contributed by atoms with van der Waals surface area (Å²) < 4.78 is 42.2. The van der Waals surface area contributed by atoms with Gasteiger partial charge in [-0.15, -0.1) is 0 Å². The van der Waals surface area contributed by atoms with Gasteiger partial charge in [0.1, 0.15) is 5.82 Å². The van der Waals surface area contributed by atoms with Crippen LogP contribution in [-0.2, 0) is 6.54 Å². The third kappa shape index (κ3) is 2.83. The molecule has 3 aromatic heterocycles. The maximum absolute atomic E-state index is 14.0. The Morgan fingerprint density at radius 1 is 0.923 bits per heavy atom. The normalized spacial score (nSPS) is 11.0. The maximum Gasteiger partial charge on any atom is 0.195 e. The summed E-state index contributed by atoms with van der Waals surface area (Å²) in [7, 11) is 0. The zero-order chi connectivity index (χ0) is 18.1. The maximum atomic E-state index is 14.0. The number of halogens is 3. The summed E-state index contributed by atoms with van der Waals surface area (Å²) >= 11 is 0. The first-order valence-corrected chi connectivity index (χ1v) is 7.61. The van der Waals surface area contributed by atoms with Gasteiger partial charge in [0.25, 0.3) is 0 Å². The van der Waals surface area contributed by atoms with E-state index in [1.165, 1.54) is 10.6 Å². The third-order valence-electron chi connectivity index (χ3n) is 3.76. The van der Waals surface area contributed by atoms with Crippen LogP contribution in [0.2, 0.25) is 0 Å². The fourth-order valence-corrected chi connectivity index (χ4v) is 2.48. The second-order valence-electron chi connectivity index (χ2n) is 5.41. The first kappa shape index (κ1) is 16.0. The molecule has 6 nitrogen and oxygen atoms in total. The van der Waals surface area contributed by atoms with Crippen LogP contribution in [0.3, 0.4) is 0 Å². The minimum atomic E-state index is -1.53. The van der Waals surface area contributed by atoms with Crippen molar-refractivity contribution >= 4 is 11.5 Å². The Balaban J connectivity index is 1.70. The molecule has 0 aliphatic heterocycles. The lowest BCUT2D eigenvalue weighted by Crippen LogP contribution is -2.07.